The third kappa shape index (κ3) is 24.8. The predicted octanol–water partition coefficient (Wildman–Crippen LogP) is -0.870. The number of aliphatic hydroxyl groups excluding tert-OH is 2. The summed E-state index contributed by atoms with van der Waals surface area (Å²) in [5.41, 5.74) is 0. The molecule has 94 valence electrons. The van der Waals surface area contributed by atoms with Crippen molar-refractivity contribution in [1.82, 2.24) is 0 Å². The van der Waals surface area contributed by atoms with Crippen molar-refractivity contribution in [2.45, 2.75) is 0 Å². The molecule has 0 saturated carbocycles. The van der Waals surface area contributed by atoms with E-state index in [-0.39, 0.29) is 13.2 Å². The topological polar surface area (TPSA) is 86.6 Å². The number of aliphatic hydroxyl groups is 2. The van der Waals surface area contributed by atoms with Crippen LogP contribution in [0, 0.1) is 0 Å². The SMILES string of the molecule is COOOC.OCCOCCOCCO. The lowest BCUT2D eigenvalue weighted by Crippen LogP contribution is -2.09. The fourth-order valence-corrected chi connectivity index (χ4v) is 0.519. The maximum absolute atomic E-state index is 8.26. The third-order valence-electron chi connectivity index (χ3n) is 0.979. The van der Waals surface area contributed by atoms with E-state index in [1.54, 1.807) is 0 Å². The van der Waals surface area contributed by atoms with Gasteiger partial charge in [-0.2, -0.15) is 0 Å². The van der Waals surface area contributed by atoms with Gasteiger partial charge in [0.15, 0.2) is 0 Å². The monoisotopic (exact) mass is 228 g/mol. The summed E-state index contributed by atoms with van der Waals surface area (Å²) in [4.78, 5) is 7.94. The molecule has 7 heteroatoms. The molecule has 0 atom stereocenters. The summed E-state index contributed by atoms with van der Waals surface area (Å²) in [5.74, 6) is 0. The van der Waals surface area contributed by atoms with Gasteiger partial charge in [-0.05, 0) is 0 Å². The van der Waals surface area contributed by atoms with Gasteiger partial charge in [-0.3, -0.25) is 0 Å². The quantitative estimate of drug-likeness (QED) is 0.301. The van der Waals surface area contributed by atoms with Crippen molar-refractivity contribution < 1.29 is 34.5 Å². The molecule has 0 aromatic heterocycles. The fourth-order valence-electron chi connectivity index (χ4n) is 0.519. The van der Waals surface area contributed by atoms with Gasteiger partial charge in [0, 0.05) is 0 Å². The summed E-state index contributed by atoms with van der Waals surface area (Å²) in [5, 5.41) is 20.4. The van der Waals surface area contributed by atoms with Crippen molar-refractivity contribution >= 4 is 0 Å². The lowest BCUT2D eigenvalue weighted by Gasteiger charge is -2.01. The molecular formula is C8H20O7. The Bertz CT molecular complexity index is 81.1. The molecule has 0 rings (SSSR count). The van der Waals surface area contributed by atoms with Crippen molar-refractivity contribution in [3.05, 3.63) is 0 Å². The Morgan fingerprint density at radius 2 is 1.13 bits per heavy atom. The van der Waals surface area contributed by atoms with Crippen LogP contribution in [0.25, 0.3) is 0 Å². The molecule has 0 fully saturated rings. The van der Waals surface area contributed by atoms with E-state index in [0.29, 0.717) is 26.4 Å². The highest BCUT2D eigenvalue weighted by atomic mass is 17.5. The van der Waals surface area contributed by atoms with Gasteiger partial charge in [-0.15, -0.1) is 0 Å². The number of rotatable bonds is 9. The predicted molar refractivity (Wildman–Crippen MR) is 50.9 cm³/mol. The zero-order chi connectivity index (χ0) is 11.8. The van der Waals surface area contributed by atoms with Crippen LogP contribution >= 0.6 is 0 Å². The molecule has 0 heterocycles. The summed E-state index contributed by atoms with van der Waals surface area (Å²) >= 11 is 0. The van der Waals surface area contributed by atoms with Crippen LogP contribution in [0.5, 0.6) is 0 Å². The van der Waals surface area contributed by atoms with E-state index in [2.05, 4.69) is 14.8 Å². The maximum Gasteiger partial charge on any atom is 0.0744 e. The summed E-state index contributed by atoms with van der Waals surface area (Å²) in [6.45, 7) is 1.73. The molecule has 0 aliphatic carbocycles. The van der Waals surface area contributed by atoms with Crippen LogP contribution in [0.2, 0.25) is 0 Å². The molecule has 0 aliphatic rings. The first-order valence-corrected chi connectivity index (χ1v) is 4.44. The van der Waals surface area contributed by atoms with E-state index >= 15 is 0 Å². The molecule has 7 nitrogen and oxygen atoms in total. The van der Waals surface area contributed by atoms with Gasteiger partial charge in [0.05, 0.1) is 53.9 Å². The minimum Gasteiger partial charge on any atom is -0.394 e. The molecule has 0 saturated heterocycles. The van der Waals surface area contributed by atoms with E-state index in [9.17, 15) is 0 Å². The van der Waals surface area contributed by atoms with Gasteiger partial charge < -0.3 is 19.7 Å². The second kappa shape index (κ2) is 19.3. The normalized spacial score (nSPS) is 9.60. The molecule has 0 spiro atoms. The summed E-state index contributed by atoms with van der Waals surface area (Å²) < 4.78 is 9.75. The van der Waals surface area contributed by atoms with Crippen molar-refractivity contribution in [2.24, 2.45) is 0 Å². The molecular weight excluding hydrogens is 208 g/mol. The lowest BCUT2D eigenvalue weighted by atomic mass is 10.7. The minimum atomic E-state index is 0.0417. The Kier molecular flexibility index (Phi) is 22.1. The number of hydrogen-bond acceptors (Lipinski definition) is 7. The van der Waals surface area contributed by atoms with Crippen LogP contribution in [-0.4, -0.2) is 64.1 Å². The number of hydrogen-bond donors (Lipinski definition) is 2. The second-order valence-corrected chi connectivity index (χ2v) is 2.07. The van der Waals surface area contributed by atoms with Crippen molar-refractivity contribution in [3.63, 3.8) is 0 Å². The van der Waals surface area contributed by atoms with Crippen molar-refractivity contribution in [3.8, 4) is 0 Å². The molecule has 0 amide bonds. The number of ether oxygens (including phenoxy) is 2. The highest BCUT2D eigenvalue weighted by Crippen LogP contribution is 1.76. The van der Waals surface area contributed by atoms with Gasteiger partial charge >= 0.3 is 0 Å². The highest BCUT2D eigenvalue weighted by molar-refractivity contribution is 4.30. The Morgan fingerprint density at radius 3 is 1.33 bits per heavy atom. The van der Waals surface area contributed by atoms with Gasteiger partial charge in [0.25, 0.3) is 0 Å². The fraction of sp³-hybridized carbons (Fsp3) is 1.00. The van der Waals surface area contributed by atoms with E-state index in [4.69, 9.17) is 19.7 Å². The maximum atomic E-state index is 8.26. The van der Waals surface area contributed by atoms with Crippen molar-refractivity contribution in [1.29, 1.82) is 0 Å². The first kappa shape index (κ1) is 17.1. The van der Waals surface area contributed by atoms with E-state index in [1.807, 2.05) is 0 Å². The van der Waals surface area contributed by atoms with Crippen molar-refractivity contribution in [2.75, 3.05) is 53.9 Å². The van der Waals surface area contributed by atoms with E-state index in [1.165, 1.54) is 14.2 Å². The van der Waals surface area contributed by atoms with Crippen LogP contribution in [0.3, 0.4) is 0 Å². The van der Waals surface area contributed by atoms with Gasteiger partial charge in [-0.25, -0.2) is 9.78 Å². The average Bonchev–Trinajstić information content (AvgIpc) is 2.25. The molecule has 0 unspecified atom stereocenters. The van der Waals surface area contributed by atoms with Gasteiger partial charge in [0.2, 0.25) is 0 Å². The Labute approximate surface area is 89.3 Å². The minimum absolute atomic E-state index is 0.0417. The standard InChI is InChI=1S/C6H14O4.C2H6O3/c7-1-3-9-5-6-10-4-2-8;1-3-5-4-2/h7-8H,1-6H2;1-2H3. The molecule has 0 bridgehead atoms. The smallest absolute Gasteiger partial charge is 0.0744 e. The average molecular weight is 228 g/mol. The Hall–Kier alpha value is -0.280. The lowest BCUT2D eigenvalue weighted by molar-refractivity contribution is -0.491. The van der Waals surface area contributed by atoms with Gasteiger partial charge in [-0.1, -0.05) is 5.04 Å². The summed E-state index contributed by atoms with van der Waals surface area (Å²) in [6, 6.07) is 0. The van der Waals surface area contributed by atoms with Crippen LogP contribution < -0.4 is 0 Å². The molecule has 0 aliphatic heterocycles. The second-order valence-electron chi connectivity index (χ2n) is 2.07. The summed E-state index contributed by atoms with van der Waals surface area (Å²) in [7, 11) is 2.73. The molecule has 2 N–H and O–H groups in total. The van der Waals surface area contributed by atoms with Crippen LogP contribution in [-0.2, 0) is 24.3 Å². The zero-order valence-corrected chi connectivity index (χ0v) is 9.18. The van der Waals surface area contributed by atoms with Crippen LogP contribution in [0.4, 0.5) is 0 Å². The Morgan fingerprint density at radius 1 is 0.733 bits per heavy atom. The molecule has 0 radical (unpaired) electrons. The summed E-state index contributed by atoms with van der Waals surface area (Å²) in [6.07, 6.45) is 0. The first-order valence-electron chi connectivity index (χ1n) is 4.44. The Balaban J connectivity index is 0. The highest BCUT2D eigenvalue weighted by Gasteiger charge is 1.86. The first-order chi connectivity index (χ1) is 7.33. The van der Waals surface area contributed by atoms with Crippen LogP contribution in [0.15, 0.2) is 0 Å². The molecule has 0 aromatic carbocycles. The largest absolute Gasteiger partial charge is 0.394 e. The zero-order valence-electron chi connectivity index (χ0n) is 9.18. The van der Waals surface area contributed by atoms with Crippen LogP contribution in [0.1, 0.15) is 0 Å². The molecule has 15 heavy (non-hydrogen) atoms. The van der Waals surface area contributed by atoms with E-state index < -0.39 is 0 Å². The van der Waals surface area contributed by atoms with Gasteiger partial charge in [0.1, 0.15) is 0 Å². The molecule has 0 aromatic rings. The van der Waals surface area contributed by atoms with E-state index in [0.717, 1.165) is 0 Å². The third-order valence-corrected chi connectivity index (χ3v) is 0.979.